The van der Waals surface area contributed by atoms with Gasteiger partial charge in [0.1, 0.15) is 0 Å². The third-order valence-corrected chi connectivity index (χ3v) is 4.83. The lowest BCUT2D eigenvalue weighted by Gasteiger charge is -2.31. The molecule has 27 heavy (non-hydrogen) atoms. The summed E-state index contributed by atoms with van der Waals surface area (Å²) in [5, 5.41) is 6.36. The molecule has 1 aliphatic rings. The number of hydrogen-bond donors (Lipinski definition) is 2. The molecule has 2 N–H and O–H groups in total. The van der Waals surface area contributed by atoms with Gasteiger partial charge in [0, 0.05) is 32.1 Å². The van der Waals surface area contributed by atoms with Gasteiger partial charge in [0.15, 0.2) is 5.96 Å². The molecular formula is C22H34N4O. The number of rotatable bonds is 7. The third-order valence-electron chi connectivity index (χ3n) is 4.83. The van der Waals surface area contributed by atoms with Crippen LogP contribution in [0, 0.1) is 0 Å². The first-order chi connectivity index (χ1) is 13.1. The van der Waals surface area contributed by atoms with Crippen LogP contribution in [-0.2, 0) is 4.79 Å². The summed E-state index contributed by atoms with van der Waals surface area (Å²) >= 11 is 0. The number of piperidine rings is 1. The first-order valence-corrected chi connectivity index (χ1v) is 10.2. The highest BCUT2D eigenvalue weighted by molar-refractivity contribution is 5.81. The molecule has 2 rings (SSSR count). The smallest absolute Gasteiger partial charge is 0.222 e. The van der Waals surface area contributed by atoms with Crippen LogP contribution in [0.1, 0.15) is 52.0 Å². The Labute approximate surface area is 163 Å². The Morgan fingerprint density at radius 1 is 1.22 bits per heavy atom. The van der Waals surface area contributed by atoms with Crippen molar-refractivity contribution in [3.63, 3.8) is 0 Å². The molecule has 1 heterocycles. The predicted molar refractivity (Wildman–Crippen MR) is 114 cm³/mol. The minimum Gasteiger partial charge on any atom is -0.357 e. The molecule has 0 spiro atoms. The van der Waals surface area contributed by atoms with Crippen LogP contribution < -0.4 is 10.6 Å². The van der Waals surface area contributed by atoms with Gasteiger partial charge >= 0.3 is 0 Å². The maximum Gasteiger partial charge on any atom is 0.222 e. The largest absolute Gasteiger partial charge is 0.357 e. The highest BCUT2D eigenvalue weighted by atomic mass is 16.1. The standard InChI is InChI=1S/C22H34N4O/c1-4-18(3)25-21(27)11-14-24-22(23-5-2)26-15-12-20(13-16-26)17-19-9-7-6-8-10-19/h6-10,17-18H,4-5,11-16H2,1-3H3,(H,23,24)(H,25,27). The Bertz CT molecular complexity index is 629. The van der Waals surface area contributed by atoms with Crippen LogP contribution in [0.4, 0.5) is 0 Å². The lowest BCUT2D eigenvalue weighted by Crippen LogP contribution is -2.44. The average Bonchev–Trinajstić information content (AvgIpc) is 2.68. The number of nitrogens with one attached hydrogen (secondary N) is 2. The summed E-state index contributed by atoms with van der Waals surface area (Å²) < 4.78 is 0. The maximum absolute atomic E-state index is 11.9. The van der Waals surface area contributed by atoms with Crippen molar-refractivity contribution in [1.82, 2.24) is 15.5 Å². The van der Waals surface area contributed by atoms with Gasteiger partial charge < -0.3 is 15.5 Å². The van der Waals surface area contributed by atoms with E-state index in [-0.39, 0.29) is 11.9 Å². The van der Waals surface area contributed by atoms with E-state index >= 15 is 0 Å². The number of nitrogens with zero attached hydrogens (tertiary/aromatic N) is 2. The Morgan fingerprint density at radius 2 is 1.93 bits per heavy atom. The molecule has 1 fully saturated rings. The fourth-order valence-corrected chi connectivity index (χ4v) is 3.07. The topological polar surface area (TPSA) is 56.7 Å². The summed E-state index contributed by atoms with van der Waals surface area (Å²) in [6.07, 6.45) is 5.79. The zero-order valence-electron chi connectivity index (χ0n) is 17.0. The van der Waals surface area contributed by atoms with E-state index in [1.54, 1.807) is 0 Å². The van der Waals surface area contributed by atoms with E-state index in [4.69, 9.17) is 0 Å². The molecule has 1 aromatic rings. The summed E-state index contributed by atoms with van der Waals surface area (Å²) in [5.74, 6) is 1.00. The number of benzene rings is 1. The Hall–Kier alpha value is -2.30. The molecule has 1 amide bonds. The number of carbonyl (C=O) groups excluding carboxylic acids is 1. The predicted octanol–water partition coefficient (Wildman–Crippen LogP) is 3.44. The van der Waals surface area contributed by atoms with Gasteiger partial charge in [-0.1, -0.05) is 48.9 Å². The summed E-state index contributed by atoms with van der Waals surface area (Å²) in [7, 11) is 0. The van der Waals surface area contributed by atoms with E-state index in [2.05, 4.69) is 64.7 Å². The van der Waals surface area contributed by atoms with E-state index in [9.17, 15) is 4.79 Å². The molecule has 1 aromatic carbocycles. The van der Waals surface area contributed by atoms with Crippen LogP contribution in [0.15, 0.2) is 40.9 Å². The zero-order chi connectivity index (χ0) is 19.5. The summed E-state index contributed by atoms with van der Waals surface area (Å²) in [6.45, 7) is 9.46. The van der Waals surface area contributed by atoms with Crippen molar-refractivity contribution in [3.05, 3.63) is 41.5 Å². The number of aliphatic imine (C=N–C) groups is 1. The van der Waals surface area contributed by atoms with Gasteiger partial charge in [-0.3, -0.25) is 9.79 Å². The van der Waals surface area contributed by atoms with E-state index in [0.717, 1.165) is 44.9 Å². The SMILES string of the molecule is CCNC(=NCCC(=O)NC(C)CC)N1CCC(=Cc2ccccc2)CC1. The lowest BCUT2D eigenvalue weighted by molar-refractivity contribution is -0.121. The van der Waals surface area contributed by atoms with Gasteiger partial charge in [-0.15, -0.1) is 0 Å². The number of likely N-dealkylation sites (tertiary alicyclic amines) is 1. The molecule has 0 radical (unpaired) electrons. The number of amides is 1. The third kappa shape index (κ3) is 7.45. The van der Waals surface area contributed by atoms with Gasteiger partial charge in [0.2, 0.25) is 5.91 Å². The molecule has 5 heteroatoms. The summed E-state index contributed by atoms with van der Waals surface area (Å²) in [6, 6.07) is 10.7. The zero-order valence-corrected chi connectivity index (χ0v) is 17.0. The minimum absolute atomic E-state index is 0.0793. The molecule has 0 aliphatic carbocycles. The second-order valence-electron chi connectivity index (χ2n) is 7.06. The molecule has 1 atom stereocenters. The van der Waals surface area contributed by atoms with Crippen LogP contribution in [0.3, 0.4) is 0 Å². The Morgan fingerprint density at radius 3 is 2.56 bits per heavy atom. The van der Waals surface area contributed by atoms with Crippen molar-refractivity contribution < 1.29 is 4.79 Å². The minimum atomic E-state index is 0.0793. The van der Waals surface area contributed by atoms with Gasteiger partial charge in [0.25, 0.3) is 0 Å². The number of guanidine groups is 1. The normalized spacial score (nSPS) is 16.0. The van der Waals surface area contributed by atoms with Crippen LogP contribution >= 0.6 is 0 Å². The lowest BCUT2D eigenvalue weighted by atomic mass is 10.0. The van der Waals surface area contributed by atoms with Gasteiger partial charge in [-0.05, 0) is 38.7 Å². The molecule has 1 saturated heterocycles. The molecule has 5 nitrogen and oxygen atoms in total. The van der Waals surface area contributed by atoms with Crippen molar-refractivity contribution in [2.45, 2.75) is 52.5 Å². The van der Waals surface area contributed by atoms with Gasteiger partial charge in [-0.25, -0.2) is 0 Å². The fourth-order valence-electron chi connectivity index (χ4n) is 3.07. The van der Waals surface area contributed by atoms with Crippen LogP contribution in [0.25, 0.3) is 6.08 Å². The van der Waals surface area contributed by atoms with E-state index in [1.165, 1.54) is 11.1 Å². The summed E-state index contributed by atoms with van der Waals surface area (Å²) in [5.41, 5.74) is 2.76. The Balaban J connectivity index is 1.86. The van der Waals surface area contributed by atoms with E-state index in [1.807, 2.05) is 13.0 Å². The molecular weight excluding hydrogens is 336 g/mol. The second-order valence-corrected chi connectivity index (χ2v) is 7.06. The fraction of sp³-hybridized carbons (Fsp3) is 0.545. The van der Waals surface area contributed by atoms with Crippen LogP contribution in [0.5, 0.6) is 0 Å². The molecule has 0 aromatic heterocycles. The number of carbonyl (C=O) groups is 1. The highest BCUT2D eigenvalue weighted by Crippen LogP contribution is 2.19. The van der Waals surface area contributed by atoms with Crippen molar-refractivity contribution in [2.75, 3.05) is 26.2 Å². The molecule has 0 saturated carbocycles. The molecule has 0 bridgehead atoms. The van der Waals surface area contributed by atoms with Crippen molar-refractivity contribution in [1.29, 1.82) is 0 Å². The first-order valence-electron chi connectivity index (χ1n) is 10.2. The van der Waals surface area contributed by atoms with Crippen LogP contribution in [-0.4, -0.2) is 49.0 Å². The molecule has 1 unspecified atom stereocenters. The van der Waals surface area contributed by atoms with Crippen LogP contribution in [0.2, 0.25) is 0 Å². The molecule has 148 valence electrons. The maximum atomic E-state index is 11.9. The Kier molecular flexibility index (Phi) is 8.89. The van der Waals surface area contributed by atoms with Crippen molar-refractivity contribution >= 4 is 17.9 Å². The van der Waals surface area contributed by atoms with Gasteiger partial charge in [-0.2, -0.15) is 0 Å². The highest BCUT2D eigenvalue weighted by Gasteiger charge is 2.17. The van der Waals surface area contributed by atoms with Crippen molar-refractivity contribution in [3.8, 4) is 0 Å². The van der Waals surface area contributed by atoms with E-state index < -0.39 is 0 Å². The molecule has 1 aliphatic heterocycles. The quantitative estimate of drug-likeness (QED) is 0.571. The monoisotopic (exact) mass is 370 g/mol. The van der Waals surface area contributed by atoms with Crippen molar-refractivity contribution in [2.24, 2.45) is 4.99 Å². The van der Waals surface area contributed by atoms with E-state index in [0.29, 0.717) is 13.0 Å². The summed E-state index contributed by atoms with van der Waals surface area (Å²) in [4.78, 5) is 18.9. The number of hydrogen-bond acceptors (Lipinski definition) is 2. The van der Waals surface area contributed by atoms with Gasteiger partial charge in [0.05, 0.1) is 6.54 Å². The second kappa shape index (κ2) is 11.4. The first kappa shape index (κ1) is 21.0. The average molecular weight is 371 g/mol.